The Morgan fingerprint density at radius 1 is 1.13 bits per heavy atom. The SMILES string of the molecule is Cc1cc(-c2cn([C@H]3[C@@H]4CC(N5CCN(CCF)CC5)C[C@@H]43)c(C3CC3)n2)cnc1N. The van der Waals surface area contributed by atoms with Gasteiger partial charge in [-0.15, -0.1) is 0 Å². The van der Waals surface area contributed by atoms with E-state index in [0.29, 0.717) is 24.3 Å². The summed E-state index contributed by atoms with van der Waals surface area (Å²) in [5.41, 5.74) is 9.05. The number of anilines is 1. The Bertz CT molecular complexity index is 949. The summed E-state index contributed by atoms with van der Waals surface area (Å²) in [5, 5.41) is 0. The molecule has 1 aliphatic heterocycles. The van der Waals surface area contributed by atoms with Crippen LogP contribution >= 0.6 is 0 Å². The number of aryl methyl sites for hydroxylation is 1. The van der Waals surface area contributed by atoms with Crippen LogP contribution in [0.25, 0.3) is 11.3 Å². The van der Waals surface area contributed by atoms with Crippen LogP contribution in [0.1, 0.15) is 49.0 Å². The fourth-order valence-electron chi connectivity index (χ4n) is 6.11. The van der Waals surface area contributed by atoms with Gasteiger partial charge in [-0.3, -0.25) is 9.80 Å². The minimum atomic E-state index is -0.225. The molecule has 4 fully saturated rings. The molecule has 3 saturated carbocycles. The molecule has 2 aromatic heterocycles. The zero-order valence-corrected chi connectivity index (χ0v) is 18.4. The highest BCUT2D eigenvalue weighted by atomic mass is 19.1. The number of aromatic nitrogens is 3. The van der Waals surface area contributed by atoms with Crippen LogP contribution in [0.2, 0.25) is 0 Å². The second kappa shape index (κ2) is 7.55. The van der Waals surface area contributed by atoms with Crippen LogP contribution in [0.3, 0.4) is 0 Å². The largest absolute Gasteiger partial charge is 0.383 e. The van der Waals surface area contributed by atoms with Crippen molar-refractivity contribution < 1.29 is 4.39 Å². The van der Waals surface area contributed by atoms with Gasteiger partial charge >= 0.3 is 0 Å². The number of fused-ring (bicyclic) bond motifs is 1. The van der Waals surface area contributed by atoms with E-state index in [9.17, 15) is 4.39 Å². The first-order chi connectivity index (χ1) is 15.1. The molecule has 2 aromatic rings. The second-order valence-electron chi connectivity index (χ2n) is 10.1. The van der Waals surface area contributed by atoms with Gasteiger partial charge in [0.05, 0.1) is 5.69 Å². The Labute approximate surface area is 183 Å². The highest BCUT2D eigenvalue weighted by molar-refractivity contribution is 5.61. The molecule has 31 heavy (non-hydrogen) atoms. The van der Waals surface area contributed by atoms with E-state index in [-0.39, 0.29) is 6.67 Å². The molecule has 4 atom stereocenters. The number of imidazole rings is 1. The van der Waals surface area contributed by atoms with Gasteiger partial charge in [0.1, 0.15) is 18.3 Å². The number of nitrogens with zero attached hydrogens (tertiary/aromatic N) is 5. The Kier molecular flexibility index (Phi) is 4.79. The lowest BCUT2D eigenvalue weighted by Crippen LogP contribution is -2.50. The average Bonchev–Trinajstić information content (AvgIpc) is 3.65. The maximum atomic E-state index is 12.6. The predicted molar refractivity (Wildman–Crippen MR) is 120 cm³/mol. The number of pyridine rings is 1. The first kappa shape index (κ1) is 19.7. The Morgan fingerprint density at radius 2 is 1.87 bits per heavy atom. The van der Waals surface area contributed by atoms with Crippen molar-refractivity contribution in [2.45, 2.75) is 50.6 Å². The Morgan fingerprint density at radius 3 is 2.52 bits per heavy atom. The van der Waals surface area contributed by atoms with Crippen LogP contribution in [0.4, 0.5) is 10.2 Å². The van der Waals surface area contributed by atoms with Crippen LogP contribution in [0.5, 0.6) is 0 Å². The molecule has 4 aliphatic rings. The topological polar surface area (TPSA) is 63.2 Å². The van der Waals surface area contributed by atoms with Gasteiger partial charge in [-0.05, 0) is 56.1 Å². The molecular weight excluding hydrogens is 391 g/mol. The van der Waals surface area contributed by atoms with Gasteiger partial charge in [0.25, 0.3) is 0 Å². The van der Waals surface area contributed by atoms with E-state index in [1.807, 2.05) is 13.1 Å². The van der Waals surface area contributed by atoms with Crippen LogP contribution < -0.4 is 5.73 Å². The monoisotopic (exact) mass is 424 g/mol. The summed E-state index contributed by atoms with van der Waals surface area (Å²) in [6.07, 6.45) is 9.29. The van der Waals surface area contributed by atoms with Gasteiger partial charge in [-0.2, -0.15) is 0 Å². The minimum absolute atomic E-state index is 0.225. The molecule has 6 rings (SSSR count). The van der Waals surface area contributed by atoms with E-state index in [0.717, 1.165) is 60.9 Å². The zero-order valence-electron chi connectivity index (χ0n) is 18.4. The maximum Gasteiger partial charge on any atom is 0.126 e. The highest BCUT2D eigenvalue weighted by Crippen LogP contribution is 2.62. The van der Waals surface area contributed by atoms with Crippen molar-refractivity contribution in [2.24, 2.45) is 11.8 Å². The van der Waals surface area contributed by atoms with E-state index in [2.05, 4.69) is 31.6 Å². The molecule has 0 radical (unpaired) electrons. The van der Waals surface area contributed by atoms with Crippen molar-refractivity contribution in [1.82, 2.24) is 24.3 Å². The summed E-state index contributed by atoms with van der Waals surface area (Å²) in [7, 11) is 0. The number of piperazine rings is 1. The first-order valence-corrected chi connectivity index (χ1v) is 12.0. The predicted octanol–water partition coefficient (Wildman–Crippen LogP) is 3.25. The normalized spacial score (nSPS) is 31.2. The lowest BCUT2D eigenvalue weighted by molar-refractivity contribution is 0.0873. The van der Waals surface area contributed by atoms with Crippen LogP contribution in [0.15, 0.2) is 18.5 Å². The summed E-state index contributed by atoms with van der Waals surface area (Å²) in [5.74, 6) is 4.11. The maximum absolute atomic E-state index is 12.6. The molecule has 1 unspecified atom stereocenters. The number of rotatable bonds is 6. The van der Waals surface area contributed by atoms with Crippen molar-refractivity contribution >= 4 is 5.82 Å². The van der Waals surface area contributed by atoms with Gasteiger partial charge in [0, 0.05) is 68.7 Å². The molecular formula is C24H33FN6. The summed E-state index contributed by atoms with van der Waals surface area (Å²) in [6.45, 7) is 6.62. The second-order valence-corrected chi connectivity index (χ2v) is 10.1. The van der Waals surface area contributed by atoms with Crippen molar-refractivity contribution in [3.8, 4) is 11.3 Å². The third-order valence-electron chi connectivity index (χ3n) is 8.14. The van der Waals surface area contributed by atoms with Crippen molar-refractivity contribution in [2.75, 3.05) is 45.1 Å². The Balaban J connectivity index is 1.15. The Hall–Kier alpha value is -1.99. The first-order valence-electron chi connectivity index (χ1n) is 12.0. The highest BCUT2D eigenvalue weighted by Gasteiger charge is 2.58. The van der Waals surface area contributed by atoms with Crippen LogP contribution in [-0.2, 0) is 0 Å². The molecule has 0 bridgehead atoms. The number of alkyl halides is 1. The summed E-state index contributed by atoms with van der Waals surface area (Å²) >= 11 is 0. The zero-order chi connectivity index (χ0) is 21.1. The smallest absolute Gasteiger partial charge is 0.126 e. The number of halogens is 1. The van der Waals surface area contributed by atoms with E-state index < -0.39 is 0 Å². The number of hydrogen-bond donors (Lipinski definition) is 1. The molecule has 166 valence electrons. The lowest BCUT2D eigenvalue weighted by atomic mass is 10.1. The third kappa shape index (κ3) is 3.55. The molecule has 0 aromatic carbocycles. The molecule has 7 heteroatoms. The summed E-state index contributed by atoms with van der Waals surface area (Å²) < 4.78 is 15.1. The van der Waals surface area contributed by atoms with Crippen molar-refractivity contribution in [3.63, 3.8) is 0 Å². The summed E-state index contributed by atoms with van der Waals surface area (Å²) in [6, 6.07) is 3.46. The van der Waals surface area contributed by atoms with Crippen molar-refractivity contribution in [3.05, 3.63) is 29.8 Å². The average molecular weight is 425 g/mol. The fraction of sp³-hybridized carbons (Fsp3) is 0.667. The molecule has 3 heterocycles. The van der Waals surface area contributed by atoms with E-state index in [4.69, 9.17) is 10.7 Å². The number of nitrogen functional groups attached to an aromatic ring is 1. The van der Waals surface area contributed by atoms with Gasteiger partial charge in [0.15, 0.2) is 0 Å². The van der Waals surface area contributed by atoms with Gasteiger partial charge in [0.2, 0.25) is 0 Å². The number of nitrogens with two attached hydrogens (primary N) is 1. The molecule has 0 amide bonds. The lowest BCUT2D eigenvalue weighted by Gasteiger charge is -2.38. The molecule has 1 saturated heterocycles. The fourth-order valence-corrected chi connectivity index (χ4v) is 6.11. The van der Waals surface area contributed by atoms with E-state index >= 15 is 0 Å². The van der Waals surface area contributed by atoms with Gasteiger partial charge in [-0.1, -0.05) is 0 Å². The van der Waals surface area contributed by atoms with E-state index in [1.165, 1.54) is 31.5 Å². The van der Waals surface area contributed by atoms with E-state index in [1.54, 1.807) is 0 Å². The van der Waals surface area contributed by atoms with Crippen molar-refractivity contribution in [1.29, 1.82) is 0 Å². The molecule has 2 N–H and O–H groups in total. The molecule has 6 nitrogen and oxygen atoms in total. The van der Waals surface area contributed by atoms with Gasteiger partial charge < -0.3 is 10.3 Å². The van der Waals surface area contributed by atoms with Gasteiger partial charge in [-0.25, -0.2) is 14.4 Å². The van der Waals surface area contributed by atoms with Crippen LogP contribution in [0, 0.1) is 18.8 Å². The minimum Gasteiger partial charge on any atom is -0.383 e. The summed E-state index contributed by atoms with van der Waals surface area (Å²) in [4.78, 5) is 14.4. The quantitative estimate of drug-likeness (QED) is 0.771. The molecule has 3 aliphatic carbocycles. The third-order valence-corrected chi connectivity index (χ3v) is 8.14. The number of hydrogen-bond acceptors (Lipinski definition) is 5. The standard InChI is InChI=1S/C24H33FN6/c1-15-10-17(13-27-23(15)26)21-14-31(24(28-21)16-2-3-16)22-19-11-18(12-20(19)22)30-8-6-29(5-4-25)7-9-30/h10,13-14,16,18-20,22H,2-9,11-12H2,1H3,(H2,26,27)/t18?,19-,20+,22+. The molecule has 0 spiro atoms. The van der Waals surface area contributed by atoms with Crippen LogP contribution in [-0.4, -0.2) is 69.8 Å².